The maximum absolute atomic E-state index is 5.81. The average Bonchev–Trinajstić information content (AvgIpc) is 2.95. The van der Waals surface area contributed by atoms with E-state index in [2.05, 4.69) is 36.2 Å². The molecule has 0 fully saturated rings. The second-order valence-corrected chi connectivity index (χ2v) is 5.65. The van der Waals surface area contributed by atoms with Crippen molar-refractivity contribution in [1.82, 2.24) is 4.98 Å². The van der Waals surface area contributed by atoms with Crippen LogP contribution in [0.1, 0.15) is 11.3 Å². The van der Waals surface area contributed by atoms with Crippen LogP contribution in [0.3, 0.4) is 0 Å². The van der Waals surface area contributed by atoms with Crippen molar-refractivity contribution >= 4 is 11.8 Å². The van der Waals surface area contributed by atoms with E-state index in [0.717, 1.165) is 17.1 Å². The van der Waals surface area contributed by atoms with Crippen molar-refractivity contribution in [1.29, 1.82) is 0 Å². The van der Waals surface area contributed by atoms with Crippen molar-refractivity contribution in [2.24, 2.45) is 0 Å². The smallest absolute Gasteiger partial charge is 0.226 e. The second kappa shape index (κ2) is 5.97. The van der Waals surface area contributed by atoms with E-state index in [4.69, 9.17) is 4.42 Å². The van der Waals surface area contributed by atoms with Crippen molar-refractivity contribution in [3.63, 3.8) is 0 Å². The van der Waals surface area contributed by atoms with Gasteiger partial charge in [0.1, 0.15) is 5.76 Å². The van der Waals surface area contributed by atoms with Crippen LogP contribution < -0.4 is 0 Å². The molecule has 3 rings (SSSR count). The Balaban J connectivity index is 1.71. The summed E-state index contributed by atoms with van der Waals surface area (Å²) in [6.45, 7) is 2.07. The molecule has 1 heterocycles. The van der Waals surface area contributed by atoms with Gasteiger partial charge in [-0.1, -0.05) is 35.9 Å². The highest BCUT2D eigenvalue weighted by Gasteiger charge is 2.07. The molecule has 0 aliphatic carbocycles. The largest absolute Gasteiger partial charge is 0.440 e. The zero-order chi connectivity index (χ0) is 13.8. The Labute approximate surface area is 122 Å². The van der Waals surface area contributed by atoms with E-state index in [-0.39, 0.29) is 0 Å². The number of aromatic nitrogens is 1. The highest BCUT2D eigenvalue weighted by Crippen LogP contribution is 2.25. The summed E-state index contributed by atoms with van der Waals surface area (Å²) in [6.07, 6.45) is 1.81. The Bertz CT molecular complexity index is 691. The van der Waals surface area contributed by atoms with E-state index in [1.807, 2.05) is 36.5 Å². The van der Waals surface area contributed by atoms with Gasteiger partial charge in [0.05, 0.1) is 11.9 Å². The fraction of sp³-hybridized carbons (Fsp3) is 0.118. The van der Waals surface area contributed by atoms with Crippen LogP contribution >= 0.6 is 11.8 Å². The SMILES string of the molecule is Cc1cccc(-c2ncc(CSc3ccccc3)o2)c1. The number of aryl methyl sites for hydroxylation is 1. The van der Waals surface area contributed by atoms with E-state index in [1.54, 1.807) is 11.8 Å². The molecule has 2 nitrogen and oxygen atoms in total. The van der Waals surface area contributed by atoms with Gasteiger partial charge in [-0.15, -0.1) is 11.8 Å². The molecule has 20 heavy (non-hydrogen) atoms. The predicted molar refractivity (Wildman–Crippen MR) is 82.7 cm³/mol. The van der Waals surface area contributed by atoms with Gasteiger partial charge in [-0.3, -0.25) is 0 Å². The van der Waals surface area contributed by atoms with Crippen LogP contribution in [-0.4, -0.2) is 4.98 Å². The Morgan fingerprint density at radius 3 is 2.70 bits per heavy atom. The van der Waals surface area contributed by atoms with E-state index in [0.29, 0.717) is 5.89 Å². The highest BCUT2D eigenvalue weighted by atomic mass is 32.2. The maximum atomic E-state index is 5.81. The fourth-order valence-corrected chi connectivity index (χ4v) is 2.75. The molecule has 0 atom stereocenters. The standard InChI is InChI=1S/C17H15NOS/c1-13-6-5-7-14(10-13)17-18-11-15(19-17)12-20-16-8-3-2-4-9-16/h2-11H,12H2,1H3. The Morgan fingerprint density at radius 1 is 1.05 bits per heavy atom. The molecule has 0 bridgehead atoms. The lowest BCUT2D eigenvalue weighted by Gasteiger charge is -1.99. The lowest BCUT2D eigenvalue weighted by Crippen LogP contribution is -1.78. The molecule has 0 radical (unpaired) electrons. The minimum absolute atomic E-state index is 0.692. The molecular weight excluding hydrogens is 266 g/mol. The molecule has 0 saturated heterocycles. The third kappa shape index (κ3) is 3.11. The molecule has 2 aromatic carbocycles. The van der Waals surface area contributed by atoms with Gasteiger partial charge in [-0.05, 0) is 31.2 Å². The van der Waals surface area contributed by atoms with Crippen LogP contribution in [0.2, 0.25) is 0 Å². The number of rotatable bonds is 4. The third-order valence-electron chi connectivity index (χ3n) is 2.94. The lowest BCUT2D eigenvalue weighted by molar-refractivity contribution is 0.538. The number of nitrogens with zero attached hydrogens (tertiary/aromatic N) is 1. The summed E-state index contributed by atoms with van der Waals surface area (Å²) in [7, 11) is 0. The van der Waals surface area contributed by atoms with E-state index in [1.165, 1.54) is 10.5 Å². The molecule has 0 aliphatic heterocycles. The quantitative estimate of drug-likeness (QED) is 0.633. The highest BCUT2D eigenvalue weighted by molar-refractivity contribution is 7.98. The summed E-state index contributed by atoms with van der Waals surface area (Å²) in [4.78, 5) is 5.60. The number of hydrogen-bond acceptors (Lipinski definition) is 3. The molecule has 0 saturated carbocycles. The molecule has 100 valence electrons. The summed E-state index contributed by atoms with van der Waals surface area (Å²) < 4.78 is 5.81. The molecule has 3 heteroatoms. The molecule has 1 aromatic heterocycles. The van der Waals surface area contributed by atoms with Crippen molar-refractivity contribution in [2.45, 2.75) is 17.6 Å². The van der Waals surface area contributed by atoms with Gasteiger partial charge in [0.25, 0.3) is 0 Å². The van der Waals surface area contributed by atoms with Crippen LogP contribution in [0.15, 0.2) is 70.1 Å². The summed E-state index contributed by atoms with van der Waals surface area (Å²) in [6, 6.07) is 18.5. The summed E-state index contributed by atoms with van der Waals surface area (Å²) in [5.74, 6) is 2.38. The maximum Gasteiger partial charge on any atom is 0.226 e. The third-order valence-corrected chi connectivity index (χ3v) is 3.98. The molecule has 0 unspecified atom stereocenters. The molecule has 0 aliphatic rings. The first-order valence-corrected chi connectivity index (χ1v) is 7.49. The number of hydrogen-bond donors (Lipinski definition) is 0. The monoisotopic (exact) mass is 281 g/mol. The van der Waals surface area contributed by atoms with Crippen LogP contribution in [0.5, 0.6) is 0 Å². The van der Waals surface area contributed by atoms with Crippen molar-refractivity contribution in [3.8, 4) is 11.5 Å². The molecule has 0 N–H and O–H groups in total. The van der Waals surface area contributed by atoms with Gasteiger partial charge < -0.3 is 4.42 Å². The van der Waals surface area contributed by atoms with E-state index in [9.17, 15) is 0 Å². The molecular formula is C17H15NOS. The zero-order valence-corrected chi connectivity index (χ0v) is 12.1. The van der Waals surface area contributed by atoms with E-state index >= 15 is 0 Å². The van der Waals surface area contributed by atoms with Gasteiger partial charge in [0, 0.05) is 10.5 Å². The van der Waals surface area contributed by atoms with Gasteiger partial charge in [0.15, 0.2) is 0 Å². The van der Waals surface area contributed by atoms with Crippen molar-refractivity contribution < 1.29 is 4.42 Å². The summed E-state index contributed by atoms with van der Waals surface area (Å²) in [5.41, 5.74) is 2.24. The summed E-state index contributed by atoms with van der Waals surface area (Å²) in [5, 5.41) is 0. The normalized spacial score (nSPS) is 10.7. The average molecular weight is 281 g/mol. The first kappa shape index (κ1) is 13.0. The van der Waals surface area contributed by atoms with Crippen LogP contribution in [0.4, 0.5) is 0 Å². The van der Waals surface area contributed by atoms with Crippen LogP contribution in [0.25, 0.3) is 11.5 Å². The zero-order valence-electron chi connectivity index (χ0n) is 11.2. The Hall–Kier alpha value is -2.00. The first-order valence-electron chi connectivity index (χ1n) is 6.51. The molecule has 0 spiro atoms. The van der Waals surface area contributed by atoms with E-state index < -0.39 is 0 Å². The number of thioether (sulfide) groups is 1. The first-order chi connectivity index (χ1) is 9.81. The Morgan fingerprint density at radius 2 is 1.90 bits per heavy atom. The number of benzene rings is 2. The minimum atomic E-state index is 0.692. The molecule has 0 amide bonds. The minimum Gasteiger partial charge on any atom is -0.440 e. The van der Waals surface area contributed by atoms with Gasteiger partial charge in [-0.25, -0.2) is 4.98 Å². The van der Waals surface area contributed by atoms with Gasteiger partial charge in [-0.2, -0.15) is 0 Å². The van der Waals surface area contributed by atoms with Crippen LogP contribution in [-0.2, 0) is 5.75 Å². The summed E-state index contributed by atoms with van der Waals surface area (Å²) >= 11 is 1.75. The predicted octanol–water partition coefficient (Wildman–Crippen LogP) is 4.94. The van der Waals surface area contributed by atoms with Gasteiger partial charge >= 0.3 is 0 Å². The molecule has 3 aromatic rings. The fourth-order valence-electron chi connectivity index (χ4n) is 1.96. The van der Waals surface area contributed by atoms with Crippen LogP contribution in [0, 0.1) is 6.92 Å². The van der Waals surface area contributed by atoms with Crippen molar-refractivity contribution in [3.05, 3.63) is 72.1 Å². The Kier molecular flexibility index (Phi) is 3.88. The topological polar surface area (TPSA) is 26.0 Å². The number of oxazole rings is 1. The second-order valence-electron chi connectivity index (χ2n) is 4.60. The van der Waals surface area contributed by atoms with Gasteiger partial charge in [0.2, 0.25) is 5.89 Å². The van der Waals surface area contributed by atoms with Crippen molar-refractivity contribution in [2.75, 3.05) is 0 Å². The lowest BCUT2D eigenvalue weighted by atomic mass is 10.1.